The number of halogens is 1. The predicted octanol–water partition coefficient (Wildman–Crippen LogP) is 3.40. The lowest BCUT2D eigenvalue weighted by Crippen LogP contribution is -2.48. The molecule has 24 heavy (non-hydrogen) atoms. The first-order valence-electron chi connectivity index (χ1n) is 8.06. The summed E-state index contributed by atoms with van der Waals surface area (Å²) in [5.41, 5.74) is 8.21. The van der Waals surface area contributed by atoms with E-state index in [1.54, 1.807) is 0 Å². The first-order chi connectivity index (χ1) is 11.6. The lowest BCUT2D eigenvalue weighted by molar-refractivity contribution is -0.0486. The average Bonchev–Trinajstić information content (AvgIpc) is 2.62. The van der Waals surface area contributed by atoms with E-state index < -0.39 is 0 Å². The van der Waals surface area contributed by atoms with Crippen LogP contribution in [0.4, 0.5) is 0 Å². The second-order valence-corrected chi connectivity index (χ2v) is 6.46. The van der Waals surface area contributed by atoms with Gasteiger partial charge in [-0.15, -0.1) is 0 Å². The van der Waals surface area contributed by atoms with Gasteiger partial charge in [0.05, 0.1) is 19.2 Å². The van der Waals surface area contributed by atoms with E-state index in [4.69, 9.17) is 22.1 Å². The van der Waals surface area contributed by atoms with Crippen LogP contribution >= 0.6 is 11.6 Å². The molecule has 0 aromatic heterocycles. The van der Waals surface area contributed by atoms with Crippen molar-refractivity contribution in [3.8, 4) is 0 Å². The molecule has 0 radical (unpaired) electrons. The Labute approximate surface area is 147 Å². The van der Waals surface area contributed by atoms with E-state index in [2.05, 4.69) is 0 Å². The number of morpholine rings is 1. The zero-order valence-corrected chi connectivity index (χ0v) is 14.4. The number of benzene rings is 2. The maximum atomic E-state index is 12.9. The Morgan fingerprint density at radius 2 is 1.96 bits per heavy atom. The van der Waals surface area contributed by atoms with Crippen molar-refractivity contribution in [3.63, 3.8) is 0 Å². The van der Waals surface area contributed by atoms with Crippen molar-refractivity contribution in [2.75, 3.05) is 13.2 Å². The van der Waals surface area contributed by atoms with E-state index in [9.17, 15) is 4.79 Å². The SMILES string of the molecule is C[C@H]1CO[C@@H](c2ccccc2Cl)CN1C(=O)c1ccc(CN)cc1. The Bertz CT molecular complexity index is 718. The van der Waals surface area contributed by atoms with Crippen molar-refractivity contribution in [3.05, 3.63) is 70.2 Å². The lowest BCUT2D eigenvalue weighted by atomic mass is 10.0. The molecule has 0 saturated carbocycles. The van der Waals surface area contributed by atoms with Crippen LogP contribution in [0, 0.1) is 0 Å². The third kappa shape index (κ3) is 3.46. The number of ether oxygens (including phenoxy) is 1. The predicted molar refractivity (Wildman–Crippen MR) is 95.0 cm³/mol. The first-order valence-corrected chi connectivity index (χ1v) is 8.44. The molecule has 0 unspecified atom stereocenters. The van der Waals surface area contributed by atoms with Crippen LogP contribution in [-0.4, -0.2) is 30.0 Å². The number of amides is 1. The summed E-state index contributed by atoms with van der Waals surface area (Å²) in [4.78, 5) is 14.7. The quantitative estimate of drug-likeness (QED) is 0.928. The highest BCUT2D eigenvalue weighted by molar-refractivity contribution is 6.31. The smallest absolute Gasteiger partial charge is 0.254 e. The summed E-state index contributed by atoms with van der Waals surface area (Å²) in [7, 11) is 0. The van der Waals surface area contributed by atoms with Gasteiger partial charge in [-0.1, -0.05) is 41.9 Å². The van der Waals surface area contributed by atoms with Crippen molar-refractivity contribution < 1.29 is 9.53 Å². The van der Waals surface area contributed by atoms with Crippen LogP contribution < -0.4 is 5.73 Å². The van der Waals surface area contributed by atoms with Gasteiger partial charge >= 0.3 is 0 Å². The van der Waals surface area contributed by atoms with Crippen LogP contribution in [-0.2, 0) is 11.3 Å². The summed E-state index contributed by atoms with van der Waals surface area (Å²) < 4.78 is 5.92. The van der Waals surface area contributed by atoms with Crippen molar-refractivity contribution in [2.45, 2.75) is 25.6 Å². The zero-order valence-electron chi connectivity index (χ0n) is 13.6. The number of hydrogen-bond acceptors (Lipinski definition) is 3. The fourth-order valence-electron chi connectivity index (χ4n) is 2.91. The highest BCUT2D eigenvalue weighted by Crippen LogP contribution is 2.30. The highest BCUT2D eigenvalue weighted by atomic mass is 35.5. The Morgan fingerprint density at radius 3 is 2.62 bits per heavy atom. The van der Waals surface area contributed by atoms with E-state index >= 15 is 0 Å². The molecule has 2 atom stereocenters. The molecule has 2 aromatic rings. The topological polar surface area (TPSA) is 55.6 Å². The minimum atomic E-state index is -0.206. The summed E-state index contributed by atoms with van der Waals surface area (Å²) in [5.74, 6) is 0.00595. The standard InChI is InChI=1S/C19H21ClN2O2/c1-13-12-24-18(16-4-2-3-5-17(16)20)11-22(13)19(23)15-8-6-14(10-21)7-9-15/h2-9,13,18H,10-12,21H2,1H3/t13-,18+/m0/s1. The minimum Gasteiger partial charge on any atom is -0.369 e. The zero-order chi connectivity index (χ0) is 17.1. The Balaban J connectivity index is 1.80. The molecule has 2 N–H and O–H groups in total. The first kappa shape index (κ1) is 17.0. The fraction of sp³-hybridized carbons (Fsp3) is 0.316. The third-order valence-corrected chi connectivity index (χ3v) is 4.73. The van der Waals surface area contributed by atoms with Gasteiger partial charge in [0.25, 0.3) is 5.91 Å². The minimum absolute atomic E-state index is 0.00595. The molecule has 1 fully saturated rings. The summed E-state index contributed by atoms with van der Waals surface area (Å²) >= 11 is 6.28. The van der Waals surface area contributed by atoms with Gasteiger partial charge in [0, 0.05) is 22.7 Å². The summed E-state index contributed by atoms with van der Waals surface area (Å²) in [6, 6.07) is 15.1. The third-order valence-electron chi connectivity index (χ3n) is 4.38. The normalized spacial score (nSPS) is 20.9. The summed E-state index contributed by atoms with van der Waals surface area (Å²) in [5, 5.41) is 0.664. The van der Waals surface area contributed by atoms with Crippen molar-refractivity contribution in [1.82, 2.24) is 4.90 Å². The van der Waals surface area contributed by atoms with Gasteiger partial charge < -0.3 is 15.4 Å². The largest absolute Gasteiger partial charge is 0.369 e. The Kier molecular flexibility index (Phi) is 5.19. The molecule has 1 aliphatic heterocycles. The maximum Gasteiger partial charge on any atom is 0.254 e. The van der Waals surface area contributed by atoms with Crippen LogP contribution in [0.3, 0.4) is 0 Å². The Hall–Kier alpha value is -1.88. The second kappa shape index (κ2) is 7.34. The molecule has 1 saturated heterocycles. The van der Waals surface area contributed by atoms with E-state index in [-0.39, 0.29) is 18.1 Å². The molecule has 0 aliphatic carbocycles. The number of hydrogen-bond donors (Lipinski definition) is 1. The number of carbonyl (C=O) groups excluding carboxylic acids is 1. The van der Waals surface area contributed by atoms with Crippen LogP contribution in [0.15, 0.2) is 48.5 Å². The number of nitrogens with zero attached hydrogens (tertiary/aromatic N) is 1. The molecule has 1 aliphatic rings. The van der Waals surface area contributed by atoms with E-state index in [0.717, 1.165) is 11.1 Å². The van der Waals surface area contributed by atoms with Gasteiger partial charge in [0.1, 0.15) is 6.10 Å². The number of rotatable bonds is 3. The van der Waals surface area contributed by atoms with Crippen molar-refractivity contribution >= 4 is 17.5 Å². The molecule has 3 rings (SSSR count). The average molecular weight is 345 g/mol. The lowest BCUT2D eigenvalue weighted by Gasteiger charge is -2.38. The van der Waals surface area contributed by atoms with Gasteiger partial charge in [0.2, 0.25) is 0 Å². The van der Waals surface area contributed by atoms with Gasteiger partial charge in [-0.05, 0) is 30.7 Å². The van der Waals surface area contributed by atoms with Gasteiger partial charge in [-0.3, -0.25) is 4.79 Å². The van der Waals surface area contributed by atoms with Crippen LogP contribution in [0.25, 0.3) is 0 Å². The van der Waals surface area contributed by atoms with Crippen molar-refractivity contribution in [1.29, 1.82) is 0 Å². The summed E-state index contributed by atoms with van der Waals surface area (Å²) in [6.07, 6.45) is -0.206. The number of carbonyl (C=O) groups is 1. The van der Waals surface area contributed by atoms with Gasteiger partial charge in [-0.25, -0.2) is 0 Å². The molecular weight excluding hydrogens is 324 g/mol. The molecule has 0 bridgehead atoms. The van der Waals surface area contributed by atoms with Crippen LogP contribution in [0.1, 0.15) is 34.5 Å². The Morgan fingerprint density at radius 1 is 1.25 bits per heavy atom. The van der Waals surface area contributed by atoms with E-state index in [1.165, 1.54) is 0 Å². The highest BCUT2D eigenvalue weighted by Gasteiger charge is 2.31. The van der Waals surface area contributed by atoms with Crippen molar-refractivity contribution in [2.24, 2.45) is 5.73 Å². The molecule has 5 heteroatoms. The monoisotopic (exact) mass is 344 g/mol. The van der Waals surface area contributed by atoms with Gasteiger partial charge in [0.15, 0.2) is 0 Å². The van der Waals surface area contributed by atoms with Crippen LogP contribution in [0.5, 0.6) is 0 Å². The van der Waals surface area contributed by atoms with E-state index in [1.807, 2.05) is 60.4 Å². The summed E-state index contributed by atoms with van der Waals surface area (Å²) in [6.45, 7) is 3.44. The second-order valence-electron chi connectivity index (χ2n) is 6.05. The molecular formula is C19H21ClN2O2. The van der Waals surface area contributed by atoms with E-state index in [0.29, 0.717) is 30.3 Å². The molecule has 1 heterocycles. The molecule has 2 aromatic carbocycles. The van der Waals surface area contributed by atoms with Gasteiger partial charge in [-0.2, -0.15) is 0 Å². The fourth-order valence-corrected chi connectivity index (χ4v) is 3.17. The molecule has 126 valence electrons. The maximum absolute atomic E-state index is 12.9. The molecule has 0 spiro atoms. The van der Waals surface area contributed by atoms with Crippen LogP contribution in [0.2, 0.25) is 5.02 Å². The molecule has 4 nitrogen and oxygen atoms in total. The number of nitrogens with two attached hydrogens (primary N) is 1. The molecule has 1 amide bonds.